The van der Waals surface area contributed by atoms with Crippen LogP contribution in [0.4, 0.5) is 0 Å². The number of hydrogen-bond donors (Lipinski definition) is 1. The summed E-state index contributed by atoms with van der Waals surface area (Å²) in [5.74, 6) is 1.90. The second-order valence-electron chi connectivity index (χ2n) is 9.23. The Morgan fingerprint density at radius 1 is 1.29 bits per heavy atom. The molecule has 1 amide bonds. The van der Waals surface area contributed by atoms with Crippen molar-refractivity contribution in [2.24, 2.45) is 5.92 Å². The summed E-state index contributed by atoms with van der Waals surface area (Å²) in [5.41, 5.74) is 1.82. The van der Waals surface area contributed by atoms with Gasteiger partial charge < -0.3 is 14.6 Å². The van der Waals surface area contributed by atoms with Crippen LogP contribution in [0.3, 0.4) is 0 Å². The highest BCUT2D eigenvalue weighted by Crippen LogP contribution is 2.35. The van der Waals surface area contributed by atoms with Crippen LogP contribution >= 0.6 is 22.9 Å². The van der Waals surface area contributed by atoms with E-state index in [1.54, 1.807) is 24.3 Å². The number of amides is 1. The first-order valence-electron chi connectivity index (χ1n) is 11.6. The van der Waals surface area contributed by atoms with Gasteiger partial charge in [-0.3, -0.25) is 4.79 Å². The average Bonchev–Trinajstić information content (AvgIpc) is 3.57. The van der Waals surface area contributed by atoms with Gasteiger partial charge in [0.15, 0.2) is 10.8 Å². The van der Waals surface area contributed by atoms with Crippen LogP contribution in [0.25, 0.3) is 16.9 Å². The Kier molecular flexibility index (Phi) is 6.81. The van der Waals surface area contributed by atoms with Crippen LogP contribution < -0.4 is 5.32 Å². The number of hydrogen-bond acceptors (Lipinski definition) is 8. The van der Waals surface area contributed by atoms with Crippen molar-refractivity contribution < 1.29 is 9.53 Å². The minimum atomic E-state index is -0.210. The van der Waals surface area contributed by atoms with Crippen molar-refractivity contribution in [2.45, 2.75) is 57.7 Å². The van der Waals surface area contributed by atoms with Gasteiger partial charge in [0, 0.05) is 31.7 Å². The van der Waals surface area contributed by atoms with E-state index < -0.39 is 0 Å². The maximum Gasteiger partial charge on any atom is 0.280 e. The van der Waals surface area contributed by atoms with Crippen LogP contribution in [-0.2, 0) is 11.2 Å². The Hall–Kier alpha value is -2.89. The van der Waals surface area contributed by atoms with Crippen LogP contribution in [0.5, 0.6) is 0 Å². The molecular formula is C23H27ClN8O2S. The van der Waals surface area contributed by atoms with E-state index in [4.69, 9.17) is 21.3 Å². The molecule has 35 heavy (non-hydrogen) atoms. The van der Waals surface area contributed by atoms with E-state index in [1.165, 1.54) is 23.9 Å². The van der Waals surface area contributed by atoms with Crippen molar-refractivity contribution in [1.82, 2.24) is 39.6 Å². The highest BCUT2D eigenvalue weighted by molar-refractivity contribution is 7.17. The van der Waals surface area contributed by atoms with Gasteiger partial charge in [0.2, 0.25) is 0 Å². The Balaban J connectivity index is 1.50. The molecule has 12 heteroatoms. The van der Waals surface area contributed by atoms with Crippen molar-refractivity contribution in [3.05, 3.63) is 46.3 Å². The Bertz CT molecular complexity index is 1320. The molecule has 4 aromatic rings. The third-order valence-corrected chi connectivity index (χ3v) is 7.34. The fourth-order valence-corrected chi connectivity index (χ4v) is 5.59. The van der Waals surface area contributed by atoms with Crippen molar-refractivity contribution >= 4 is 39.9 Å². The molecule has 1 N–H and O–H groups in total. The van der Waals surface area contributed by atoms with Gasteiger partial charge in [0.25, 0.3) is 5.91 Å². The summed E-state index contributed by atoms with van der Waals surface area (Å²) in [4.78, 5) is 30.4. The van der Waals surface area contributed by atoms with E-state index in [0.29, 0.717) is 21.1 Å². The molecule has 0 aliphatic heterocycles. The van der Waals surface area contributed by atoms with Gasteiger partial charge in [-0.15, -0.1) is 0 Å². The van der Waals surface area contributed by atoms with Crippen molar-refractivity contribution in [3.8, 4) is 5.82 Å². The minimum absolute atomic E-state index is 0.0000871. The summed E-state index contributed by atoms with van der Waals surface area (Å²) in [7, 11) is 1.72. The van der Waals surface area contributed by atoms with Gasteiger partial charge in [-0.25, -0.2) is 24.6 Å². The number of nitrogens with one attached hydrogen (secondary N) is 1. The predicted molar refractivity (Wildman–Crippen MR) is 133 cm³/mol. The van der Waals surface area contributed by atoms with Gasteiger partial charge in [-0.2, -0.15) is 5.10 Å². The summed E-state index contributed by atoms with van der Waals surface area (Å²) in [6, 6.07) is 2.01. The van der Waals surface area contributed by atoms with E-state index in [-0.39, 0.29) is 24.1 Å². The Morgan fingerprint density at radius 3 is 2.83 bits per heavy atom. The van der Waals surface area contributed by atoms with Crippen LogP contribution in [0.2, 0.25) is 4.34 Å². The second-order valence-corrected chi connectivity index (χ2v) is 10.9. The molecule has 3 atom stereocenters. The number of rotatable bonds is 7. The van der Waals surface area contributed by atoms with Crippen molar-refractivity contribution in [1.29, 1.82) is 0 Å². The summed E-state index contributed by atoms with van der Waals surface area (Å²) in [6.07, 6.45) is 9.54. The zero-order valence-electron chi connectivity index (χ0n) is 19.8. The first-order chi connectivity index (χ1) is 16.9. The normalized spacial score (nSPS) is 20.5. The highest BCUT2D eigenvalue weighted by atomic mass is 35.5. The summed E-state index contributed by atoms with van der Waals surface area (Å²) < 4.78 is 10.2. The quantitative estimate of drug-likeness (QED) is 0.398. The minimum Gasteiger partial charge on any atom is -0.381 e. The highest BCUT2D eigenvalue weighted by Gasteiger charge is 2.33. The SMILES string of the molecule is CO[C@H]1C[C@H](NC(=O)c2ncc(Cl)s2)C[C@H](n2c(CC(C)C)nc3cnc(-n4cncn4)cc32)C1. The van der Waals surface area contributed by atoms with E-state index >= 15 is 0 Å². The molecule has 0 unspecified atom stereocenters. The summed E-state index contributed by atoms with van der Waals surface area (Å²) >= 11 is 7.15. The van der Waals surface area contributed by atoms with E-state index in [1.807, 2.05) is 6.07 Å². The maximum atomic E-state index is 12.8. The smallest absolute Gasteiger partial charge is 0.280 e. The van der Waals surface area contributed by atoms with Crippen molar-refractivity contribution in [2.75, 3.05) is 7.11 Å². The average molecular weight is 515 g/mol. The third kappa shape index (κ3) is 5.07. The van der Waals surface area contributed by atoms with Gasteiger partial charge in [0.05, 0.1) is 24.0 Å². The molecule has 5 rings (SSSR count). The molecule has 1 saturated carbocycles. The molecule has 4 aromatic heterocycles. The van der Waals surface area contributed by atoms with Gasteiger partial charge in [0.1, 0.15) is 28.3 Å². The van der Waals surface area contributed by atoms with E-state index in [0.717, 1.165) is 42.5 Å². The zero-order valence-corrected chi connectivity index (χ0v) is 21.3. The lowest BCUT2D eigenvalue weighted by molar-refractivity contribution is 0.0390. The van der Waals surface area contributed by atoms with Crippen LogP contribution in [0.15, 0.2) is 31.1 Å². The first-order valence-corrected chi connectivity index (χ1v) is 12.8. The van der Waals surface area contributed by atoms with Crippen molar-refractivity contribution in [3.63, 3.8) is 0 Å². The van der Waals surface area contributed by atoms with E-state index in [9.17, 15) is 4.79 Å². The molecule has 0 saturated heterocycles. The number of nitrogens with zero attached hydrogens (tertiary/aromatic N) is 7. The lowest BCUT2D eigenvalue weighted by Gasteiger charge is -2.36. The maximum absolute atomic E-state index is 12.8. The van der Waals surface area contributed by atoms with Gasteiger partial charge in [-0.05, 0) is 25.2 Å². The number of carbonyl (C=O) groups is 1. The standard InChI is InChI=1S/C23H27ClN8O2S/c1-13(2)4-21-30-17-9-26-20(31-12-25-11-28-31)8-18(17)32(21)15-5-14(6-16(7-15)34-3)29-22(33)23-27-10-19(24)35-23/h8-16H,4-7H2,1-3H3,(H,29,33)/t14-,15+,16+/m1/s1. The lowest BCUT2D eigenvalue weighted by Crippen LogP contribution is -2.43. The molecule has 0 radical (unpaired) electrons. The topological polar surface area (TPSA) is 113 Å². The van der Waals surface area contributed by atoms with Gasteiger partial charge >= 0.3 is 0 Å². The Labute approximate surface area is 211 Å². The molecule has 1 fully saturated rings. The Morgan fingerprint density at radius 2 is 2.14 bits per heavy atom. The molecule has 4 heterocycles. The zero-order chi connectivity index (χ0) is 24.5. The largest absolute Gasteiger partial charge is 0.381 e. The number of fused-ring (bicyclic) bond motifs is 1. The monoisotopic (exact) mass is 514 g/mol. The summed E-state index contributed by atoms with van der Waals surface area (Å²) in [6.45, 7) is 4.37. The number of methoxy groups -OCH3 is 1. The number of pyridine rings is 1. The molecule has 10 nitrogen and oxygen atoms in total. The third-order valence-electron chi connectivity index (χ3n) is 6.22. The van der Waals surface area contributed by atoms with Crippen LogP contribution in [-0.4, -0.2) is 59.4 Å². The second kappa shape index (κ2) is 10.00. The van der Waals surface area contributed by atoms with Gasteiger partial charge in [-0.1, -0.05) is 36.8 Å². The fourth-order valence-electron chi connectivity index (χ4n) is 4.77. The number of aromatic nitrogens is 7. The molecule has 184 valence electrons. The van der Waals surface area contributed by atoms with E-state index in [2.05, 4.69) is 43.8 Å². The number of imidazole rings is 1. The number of halogens is 1. The van der Waals surface area contributed by atoms with Crippen LogP contribution in [0.1, 0.15) is 54.8 Å². The molecule has 0 spiro atoms. The number of thiazole rings is 1. The number of ether oxygens (including phenoxy) is 1. The lowest BCUT2D eigenvalue weighted by atomic mass is 9.88. The summed E-state index contributed by atoms with van der Waals surface area (Å²) in [5, 5.41) is 7.74. The number of carbonyl (C=O) groups excluding carboxylic acids is 1. The molecule has 0 bridgehead atoms. The molecule has 1 aliphatic rings. The van der Waals surface area contributed by atoms with Crippen LogP contribution in [0, 0.1) is 5.92 Å². The molecule has 1 aliphatic carbocycles. The fraction of sp³-hybridized carbons (Fsp3) is 0.478. The molecular weight excluding hydrogens is 488 g/mol. The predicted octanol–water partition coefficient (Wildman–Crippen LogP) is 3.86. The molecule has 0 aromatic carbocycles. The first kappa shape index (κ1) is 23.8.